The van der Waals surface area contributed by atoms with Crippen molar-refractivity contribution in [3.05, 3.63) is 17.0 Å². The number of nitrogens with zero attached hydrogens (tertiary/aromatic N) is 4. The standard InChI is InChI=1S/C18H26N4O3/c1-5-6-7-8-10-22-16(12-19-24)14-13-21(11-9-15(14)20-22)17(23)25-18(2,3)4/h12,24H,5,8-11,13H2,1-4H3/b19-12-. The van der Waals surface area contributed by atoms with Gasteiger partial charge in [-0.25, -0.2) is 4.79 Å². The van der Waals surface area contributed by atoms with Crippen molar-refractivity contribution in [2.45, 2.75) is 65.6 Å². The van der Waals surface area contributed by atoms with Gasteiger partial charge in [0.25, 0.3) is 0 Å². The summed E-state index contributed by atoms with van der Waals surface area (Å²) in [6.45, 7) is 9.12. The lowest BCUT2D eigenvalue weighted by molar-refractivity contribution is 0.0223. The van der Waals surface area contributed by atoms with E-state index in [-0.39, 0.29) is 6.09 Å². The Morgan fingerprint density at radius 3 is 2.84 bits per heavy atom. The zero-order chi connectivity index (χ0) is 18.4. The van der Waals surface area contributed by atoms with Crippen molar-refractivity contribution < 1.29 is 14.7 Å². The zero-order valence-electron chi connectivity index (χ0n) is 15.4. The third-order valence-electron chi connectivity index (χ3n) is 3.73. The minimum absolute atomic E-state index is 0.341. The van der Waals surface area contributed by atoms with Crippen LogP contribution < -0.4 is 0 Å². The Morgan fingerprint density at radius 2 is 2.20 bits per heavy atom. The summed E-state index contributed by atoms with van der Waals surface area (Å²) in [6.07, 6.45) is 3.18. The molecule has 1 aliphatic heterocycles. The average Bonchev–Trinajstić information content (AvgIpc) is 2.87. The summed E-state index contributed by atoms with van der Waals surface area (Å²) in [5.41, 5.74) is 2.01. The molecule has 1 N–H and O–H groups in total. The van der Waals surface area contributed by atoms with Crippen LogP contribution in [0.3, 0.4) is 0 Å². The number of carbonyl (C=O) groups is 1. The Balaban J connectivity index is 2.19. The van der Waals surface area contributed by atoms with Crippen LogP contribution in [0.25, 0.3) is 0 Å². The number of ether oxygens (including phenoxy) is 1. The van der Waals surface area contributed by atoms with Gasteiger partial charge in [0.15, 0.2) is 0 Å². The minimum Gasteiger partial charge on any atom is -0.444 e. The number of aromatic nitrogens is 2. The maximum atomic E-state index is 12.3. The molecular formula is C18H26N4O3. The van der Waals surface area contributed by atoms with E-state index in [0.29, 0.717) is 38.2 Å². The van der Waals surface area contributed by atoms with Crippen molar-refractivity contribution in [1.29, 1.82) is 0 Å². The van der Waals surface area contributed by atoms with Gasteiger partial charge < -0.3 is 14.8 Å². The van der Waals surface area contributed by atoms with Crippen LogP contribution in [0, 0.1) is 11.8 Å². The minimum atomic E-state index is -0.533. The molecule has 1 aliphatic rings. The topological polar surface area (TPSA) is 80.0 Å². The second kappa shape index (κ2) is 8.06. The van der Waals surface area contributed by atoms with Crippen LogP contribution in [0.5, 0.6) is 0 Å². The fourth-order valence-electron chi connectivity index (χ4n) is 2.67. The highest BCUT2D eigenvalue weighted by Gasteiger charge is 2.29. The van der Waals surface area contributed by atoms with Crippen LogP contribution in [0.4, 0.5) is 4.79 Å². The molecule has 7 nitrogen and oxygen atoms in total. The third-order valence-corrected chi connectivity index (χ3v) is 3.73. The SMILES string of the molecule is CCC#CCCn1nc2c(c1/C=N\O)CN(C(=O)OC(C)(C)C)CC2. The average molecular weight is 346 g/mol. The van der Waals surface area contributed by atoms with Gasteiger partial charge in [-0.1, -0.05) is 12.1 Å². The number of carbonyl (C=O) groups excluding carboxylic acids is 1. The molecule has 25 heavy (non-hydrogen) atoms. The van der Waals surface area contributed by atoms with Gasteiger partial charge in [0, 0.05) is 31.4 Å². The molecule has 7 heteroatoms. The predicted molar refractivity (Wildman–Crippen MR) is 94.6 cm³/mol. The number of rotatable bonds is 3. The number of hydrogen-bond donors (Lipinski definition) is 1. The summed E-state index contributed by atoms with van der Waals surface area (Å²) in [7, 11) is 0. The monoisotopic (exact) mass is 346 g/mol. The summed E-state index contributed by atoms with van der Waals surface area (Å²) >= 11 is 0. The van der Waals surface area contributed by atoms with Crippen LogP contribution >= 0.6 is 0 Å². The van der Waals surface area contributed by atoms with Gasteiger partial charge >= 0.3 is 6.09 Å². The lowest BCUT2D eigenvalue weighted by Gasteiger charge is -2.29. The maximum absolute atomic E-state index is 12.3. The number of aryl methyl sites for hydroxylation is 1. The van der Waals surface area contributed by atoms with Crippen molar-refractivity contribution in [3.8, 4) is 11.8 Å². The molecule has 2 heterocycles. The van der Waals surface area contributed by atoms with E-state index in [1.807, 2.05) is 27.7 Å². The number of fused-ring (bicyclic) bond motifs is 1. The van der Waals surface area contributed by atoms with Gasteiger partial charge in [0.05, 0.1) is 30.7 Å². The molecule has 1 amide bonds. The summed E-state index contributed by atoms with van der Waals surface area (Å²) in [5, 5.41) is 16.8. The summed E-state index contributed by atoms with van der Waals surface area (Å²) < 4.78 is 7.25. The van der Waals surface area contributed by atoms with E-state index in [1.54, 1.807) is 9.58 Å². The molecular weight excluding hydrogens is 320 g/mol. The van der Waals surface area contributed by atoms with Crippen molar-refractivity contribution in [3.63, 3.8) is 0 Å². The van der Waals surface area contributed by atoms with Crippen molar-refractivity contribution in [2.75, 3.05) is 6.54 Å². The molecule has 0 aromatic carbocycles. The normalized spacial score (nSPS) is 14.2. The molecule has 0 unspecified atom stereocenters. The van der Waals surface area contributed by atoms with E-state index in [2.05, 4.69) is 22.1 Å². The van der Waals surface area contributed by atoms with Gasteiger partial charge in [-0.3, -0.25) is 4.68 Å². The fraction of sp³-hybridized carbons (Fsp3) is 0.611. The first-order valence-electron chi connectivity index (χ1n) is 8.55. The van der Waals surface area contributed by atoms with Gasteiger partial charge in [-0.2, -0.15) is 5.10 Å². The molecule has 0 saturated carbocycles. The zero-order valence-corrected chi connectivity index (χ0v) is 15.4. The Hall–Kier alpha value is -2.49. The third kappa shape index (κ3) is 4.99. The highest BCUT2D eigenvalue weighted by Crippen LogP contribution is 2.23. The smallest absolute Gasteiger partial charge is 0.410 e. The van der Waals surface area contributed by atoms with Crippen molar-refractivity contribution in [1.82, 2.24) is 14.7 Å². The molecule has 0 fully saturated rings. The predicted octanol–water partition coefficient (Wildman–Crippen LogP) is 2.79. The second-order valence-corrected chi connectivity index (χ2v) is 6.89. The van der Waals surface area contributed by atoms with E-state index >= 15 is 0 Å². The number of amides is 1. The lowest BCUT2D eigenvalue weighted by Crippen LogP contribution is -2.40. The molecule has 0 radical (unpaired) electrons. The largest absolute Gasteiger partial charge is 0.444 e. The van der Waals surface area contributed by atoms with Gasteiger partial charge in [-0.15, -0.1) is 11.8 Å². The van der Waals surface area contributed by atoms with E-state index in [9.17, 15) is 4.79 Å². The molecule has 0 saturated heterocycles. The van der Waals surface area contributed by atoms with Gasteiger partial charge in [-0.05, 0) is 20.8 Å². The fourth-order valence-corrected chi connectivity index (χ4v) is 2.67. The summed E-state index contributed by atoms with van der Waals surface area (Å²) in [6, 6.07) is 0. The van der Waals surface area contributed by atoms with E-state index in [0.717, 1.165) is 17.7 Å². The molecule has 1 aromatic rings. The van der Waals surface area contributed by atoms with Crippen LogP contribution in [-0.4, -0.2) is 44.3 Å². The molecule has 136 valence electrons. The van der Waals surface area contributed by atoms with Crippen LogP contribution in [0.2, 0.25) is 0 Å². The van der Waals surface area contributed by atoms with Crippen LogP contribution in [-0.2, 0) is 24.2 Å². The first-order valence-corrected chi connectivity index (χ1v) is 8.55. The highest BCUT2D eigenvalue weighted by atomic mass is 16.6. The van der Waals surface area contributed by atoms with E-state index in [1.165, 1.54) is 6.21 Å². The molecule has 0 spiro atoms. The van der Waals surface area contributed by atoms with Gasteiger partial charge in [0.1, 0.15) is 5.60 Å². The number of oxime groups is 1. The lowest BCUT2D eigenvalue weighted by atomic mass is 10.1. The summed E-state index contributed by atoms with van der Waals surface area (Å²) in [4.78, 5) is 14.0. The Labute approximate surface area is 148 Å². The molecule has 0 atom stereocenters. The quantitative estimate of drug-likeness (QED) is 0.395. The first-order chi connectivity index (χ1) is 11.9. The molecule has 0 aliphatic carbocycles. The second-order valence-electron chi connectivity index (χ2n) is 6.89. The van der Waals surface area contributed by atoms with Crippen molar-refractivity contribution >= 4 is 12.3 Å². The summed E-state index contributed by atoms with van der Waals surface area (Å²) in [5.74, 6) is 6.12. The van der Waals surface area contributed by atoms with E-state index in [4.69, 9.17) is 9.94 Å². The molecule has 2 rings (SSSR count). The molecule has 0 bridgehead atoms. The maximum Gasteiger partial charge on any atom is 0.410 e. The van der Waals surface area contributed by atoms with Crippen molar-refractivity contribution in [2.24, 2.45) is 5.16 Å². The van der Waals surface area contributed by atoms with E-state index < -0.39 is 5.60 Å². The van der Waals surface area contributed by atoms with Gasteiger partial charge in [0.2, 0.25) is 0 Å². The Morgan fingerprint density at radius 1 is 1.44 bits per heavy atom. The first kappa shape index (κ1) is 18.8. The molecule has 1 aromatic heterocycles. The number of hydrogen-bond acceptors (Lipinski definition) is 5. The Bertz CT molecular complexity index is 704. The highest BCUT2D eigenvalue weighted by molar-refractivity contribution is 5.80. The van der Waals surface area contributed by atoms with Crippen LogP contribution in [0.1, 0.15) is 57.5 Å². The Kier molecular flexibility index (Phi) is 6.07. The van der Waals surface area contributed by atoms with Crippen LogP contribution in [0.15, 0.2) is 5.16 Å².